The fraction of sp³-hybridized carbons (Fsp3) is 0.226. The van der Waals surface area contributed by atoms with Crippen molar-refractivity contribution in [2.45, 2.75) is 49.6 Å². The molecule has 0 saturated heterocycles. The van der Waals surface area contributed by atoms with E-state index in [0.29, 0.717) is 13.0 Å². The lowest BCUT2D eigenvalue weighted by atomic mass is 9.92. The summed E-state index contributed by atoms with van der Waals surface area (Å²) in [6, 6.07) is 22.7. The van der Waals surface area contributed by atoms with Crippen LogP contribution in [0.1, 0.15) is 42.0 Å². The monoisotopic (exact) mass is 589 g/mol. The van der Waals surface area contributed by atoms with Gasteiger partial charge in [0.15, 0.2) is 11.7 Å². The molecule has 0 aliphatic carbocycles. The molecule has 1 aromatic heterocycles. The topological polar surface area (TPSA) is 160 Å². The summed E-state index contributed by atoms with van der Waals surface area (Å²) in [5.41, 5.74) is 1.53. The Bertz CT molecular complexity index is 1620. The molecule has 0 spiro atoms. The van der Waals surface area contributed by atoms with Gasteiger partial charge in [0.25, 0.3) is 0 Å². The lowest BCUT2D eigenvalue weighted by Crippen LogP contribution is -2.42. The number of para-hydroxylation sites is 1. The number of carbonyl (C=O) groups excluding carboxylic acids is 1. The van der Waals surface area contributed by atoms with Gasteiger partial charge in [0.2, 0.25) is 10.0 Å². The van der Waals surface area contributed by atoms with Gasteiger partial charge in [-0.2, -0.15) is 4.72 Å². The van der Waals surface area contributed by atoms with E-state index in [4.69, 9.17) is 14.6 Å². The van der Waals surface area contributed by atoms with Gasteiger partial charge in [0.05, 0.1) is 29.1 Å². The average molecular weight is 590 g/mol. The van der Waals surface area contributed by atoms with Crippen LogP contribution in [0.2, 0.25) is 0 Å². The van der Waals surface area contributed by atoms with Gasteiger partial charge in [-0.25, -0.2) is 13.4 Å². The zero-order chi connectivity index (χ0) is 30.1. The molecule has 0 saturated carbocycles. The molecule has 10 nitrogen and oxygen atoms in total. The van der Waals surface area contributed by atoms with E-state index < -0.39 is 28.0 Å². The first-order chi connectivity index (χ1) is 20.2. The highest BCUT2D eigenvalue weighted by Crippen LogP contribution is 2.24. The first-order valence-electron chi connectivity index (χ1n) is 13.3. The number of carbonyl (C=O) groups is 2. The third-order valence-corrected chi connectivity index (χ3v) is 8.02. The van der Waals surface area contributed by atoms with Crippen molar-refractivity contribution in [2.24, 2.45) is 0 Å². The van der Waals surface area contributed by atoms with E-state index in [0.717, 1.165) is 16.9 Å². The fourth-order valence-electron chi connectivity index (χ4n) is 4.25. The normalized spacial score (nSPS) is 12.8. The summed E-state index contributed by atoms with van der Waals surface area (Å²) in [5.74, 6) is -1.51. The molecule has 11 heteroatoms. The number of oxazole rings is 1. The highest BCUT2D eigenvalue weighted by Gasteiger charge is 2.29. The van der Waals surface area contributed by atoms with Crippen molar-refractivity contribution in [3.05, 3.63) is 114 Å². The number of rotatable bonds is 15. The van der Waals surface area contributed by atoms with E-state index in [1.54, 1.807) is 13.0 Å². The predicted molar refractivity (Wildman–Crippen MR) is 155 cm³/mol. The number of hydrogen-bond acceptors (Lipinski definition) is 8. The lowest BCUT2D eigenvalue weighted by molar-refractivity contribution is -0.139. The molecule has 3 aromatic carbocycles. The van der Waals surface area contributed by atoms with Gasteiger partial charge in [-0.1, -0.05) is 67.6 Å². The Morgan fingerprint density at radius 1 is 0.976 bits per heavy atom. The Hall–Kier alpha value is -4.61. The zero-order valence-corrected chi connectivity index (χ0v) is 23.7. The summed E-state index contributed by atoms with van der Waals surface area (Å²) in [7, 11) is -4.10. The summed E-state index contributed by atoms with van der Waals surface area (Å²) >= 11 is 0. The maximum Gasteiger partial charge on any atom is 0.322 e. The van der Waals surface area contributed by atoms with Crippen molar-refractivity contribution in [3.8, 4) is 5.75 Å². The summed E-state index contributed by atoms with van der Waals surface area (Å²) < 4.78 is 38.9. The maximum atomic E-state index is 13.0. The highest BCUT2D eigenvalue weighted by molar-refractivity contribution is 7.89. The van der Waals surface area contributed by atoms with Gasteiger partial charge in [-0.05, 0) is 41.8 Å². The Morgan fingerprint density at radius 3 is 2.21 bits per heavy atom. The number of aromatic nitrogens is 1. The predicted octanol–water partition coefficient (Wildman–Crippen LogP) is 4.55. The van der Waals surface area contributed by atoms with E-state index in [1.807, 2.05) is 54.6 Å². The molecule has 4 aromatic rings. The number of hydrogen-bond donors (Lipinski definition) is 3. The second-order valence-electron chi connectivity index (χ2n) is 9.58. The summed E-state index contributed by atoms with van der Waals surface area (Å²) in [4.78, 5) is 28.8. The molecule has 0 fully saturated rings. The summed E-state index contributed by atoms with van der Waals surface area (Å²) in [5, 5.41) is 18.2. The number of nitrogens with one attached hydrogen (secondary N) is 2. The van der Waals surface area contributed by atoms with Crippen LogP contribution >= 0.6 is 0 Å². The van der Waals surface area contributed by atoms with E-state index in [1.165, 1.54) is 30.5 Å². The van der Waals surface area contributed by atoms with Crippen molar-refractivity contribution >= 4 is 27.5 Å². The lowest BCUT2D eigenvalue weighted by Gasteiger charge is -2.14. The van der Waals surface area contributed by atoms with Crippen LogP contribution in [0.5, 0.6) is 5.75 Å². The van der Waals surface area contributed by atoms with Crippen molar-refractivity contribution < 1.29 is 32.3 Å². The first-order valence-corrected chi connectivity index (χ1v) is 14.8. The van der Waals surface area contributed by atoms with Gasteiger partial charge >= 0.3 is 5.97 Å². The standard InChI is InChI=1S/C31H31N3O7S/c1-2-25(30(32)27(35)17-21-13-15-22(16-14-21)20-40-23-9-5-3-6-10-23)28-19-33-29(41-28)18-26(31(36)37)34-42(38,39)24-11-7-4-8-12-24/h3-16,19,25-26,32,34H,2,17-18,20H2,1H3,(H,36,37). The van der Waals surface area contributed by atoms with Gasteiger partial charge < -0.3 is 19.7 Å². The molecule has 42 heavy (non-hydrogen) atoms. The van der Waals surface area contributed by atoms with E-state index in [-0.39, 0.29) is 40.9 Å². The highest BCUT2D eigenvalue weighted by atomic mass is 32.2. The molecule has 0 aliphatic heterocycles. The maximum absolute atomic E-state index is 13.0. The minimum absolute atomic E-state index is 0.0263. The van der Waals surface area contributed by atoms with Crippen LogP contribution in [0.15, 0.2) is 100 Å². The average Bonchev–Trinajstić information content (AvgIpc) is 3.45. The molecule has 0 aliphatic rings. The molecule has 2 unspecified atom stereocenters. The molecule has 0 bridgehead atoms. The number of sulfonamides is 1. The van der Waals surface area contributed by atoms with Crippen molar-refractivity contribution in [3.63, 3.8) is 0 Å². The molecule has 2 atom stereocenters. The Balaban J connectivity index is 1.36. The number of aliphatic carboxylic acids is 1. The fourth-order valence-corrected chi connectivity index (χ4v) is 5.46. The van der Waals surface area contributed by atoms with Crippen LogP contribution in [0.25, 0.3) is 0 Å². The van der Waals surface area contributed by atoms with Gasteiger partial charge in [0.1, 0.15) is 24.2 Å². The molecule has 4 rings (SSSR count). The number of Topliss-reactive ketones (excluding diaryl/α,β-unsaturated/α-hetero) is 1. The molecule has 0 radical (unpaired) electrons. The Labute approximate surface area is 243 Å². The number of nitrogens with zero attached hydrogens (tertiary/aromatic N) is 1. The second kappa shape index (κ2) is 13.8. The molecule has 1 heterocycles. The number of carboxylic acid groups (broad SMARTS) is 1. The minimum atomic E-state index is -4.10. The largest absolute Gasteiger partial charge is 0.489 e. The molecular weight excluding hydrogens is 558 g/mol. The quantitative estimate of drug-likeness (QED) is 0.170. The van der Waals surface area contributed by atoms with Gasteiger partial charge in [0, 0.05) is 6.42 Å². The number of ketones is 1. The van der Waals surface area contributed by atoms with Gasteiger partial charge in [-0.15, -0.1) is 0 Å². The van der Waals surface area contributed by atoms with Crippen molar-refractivity contribution in [2.75, 3.05) is 0 Å². The minimum Gasteiger partial charge on any atom is -0.489 e. The van der Waals surface area contributed by atoms with Crippen LogP contribution in [0.3, 0.4) is 0 Å². The molecule has 3 N–H and O–H groups in total. The van der Waals surface area contributed by atoms with Crippen molar-refractivity contribution in [1.82, 2.24) is 9.71 Å². The SMILES string of the molecule is CCC(C(=N)C(=O)Cc1ccc(COc2ccccc2)cc1)c1cnc(CC(NS(=O)(=O)c2ccccc2)C(=O)O)o1. The van der Waals surface area contributed by atoms with E-state index in [9.17, 15) is 23.1 Å². The van der Waals surface area contributed by atoms with Crippen LogP contribution in [-0.4, -0.2) is 42.0 Å². The zero-order valence-electron chi connectivity index (χ0n) is 22.9. The van der Waals surface area contributed by atoms with Crippen molar-refractivity contribution in [1.29, 1.82) is 5.41 Å². The van der Waals surface area contributed by atoms with Crippen LogP contribution in [0, 0.1) is 5.41 Å². The number of ether oxygens (including phenoxy) is 1. The summed E-state index contributed by atoms with van der Waals surface area (Å²) in [6.45, 7) is 2.18. The molecule has 0 amide bonds. The Morgan fingerprint density at radius 2 is 1.60 bits per heavy atom. The smallest absolute Gasteiger partial charge is 0.322 e. The van der Waals surface area contributed by atoms with Crippen LogP contribution < -0.4 is 9.46 Å². The van der Waals surface area contributed by atoms with Crippen LogP contribution in [0.4, 0.5) is 0 Å². The summed E-state index contributed by atoms with van der Waals surface area (Å²) in [6.07, 6.45) is 1.38. The molecular formula is C31H31N3O7S. The third kappa shape index (κ3) is 7.99. The van der Waals surface area contributed by atoms with E-state index in [2.05, 4.69) is 9.71 Å². The number of benzene rings is 3. The van der Waals surface area contributed by atoms with E-state index >= 15 is 0 Å². The Kier molecular flexibility index (Phi) is 10.00. The van der Waals surface area contributed by atoms with Crippen LogP contribution in [-0.2, 0) is 39.1 Å². The van der Waals surface area contributed by atoms with Gasteiger partial charge in [-0.3, -0.25) is 9.59 Å². The first kappa shape index (κ1) is 30.4. The number of carboxylic acids is 1. The second-order valence-corrected chi connectivity index (χ2v) is 11.3. The molecule has 218 valence electrons. The third-order valence-electron chi connectivity index (χ3n) is 6.54.